The largest absolute Gasteiger partial charge is 0.493 e. The number of thiocarbonyl (C=S) groups is 1. The average molecular weight is 453 g/mol. The van der Waals surface area contributed by atoms with Gasteiger partial charge in [-0.1, -0.05) is 62.6 Å². The molecule has 0 saturated heterocycles. The lowest BCUT2D eigenvalue weighted by Crippen LogP contribution is -2.45. The zero-order chi connectivity index (χ0) is 23.1. The van der Waals surface area contributed by atoms with Crippen molar-refractivity contribution in [2.75, 3.05) is 20.8 Å². The molecule has 1 heterocycles. The highest BCUT2D eigenvalue weighted by atomic mass is 32.1. The summed E-state index contributed by atoms with van der Waals surface area (Å²) in [5.74, 6) is 1.33. The summed E-state index contributed by atoms with van der Waals surface area (Å²) in [6.45, 7) is 4.78. The molecule has 6 heteroatoms. The van der Waals surface area contributed by atoms with Crippen molar-refractivity contribution in [2.45, 2.75) is 45.6 Å². The first-order valence-corrected chi connectivity index (χ1v) is 11.5. The Kier molecular flexibility index (Phi) is 8.28. The van der Waals surface area contributed by atoms with Crippen molar-refractivity contribution in [3.8, 4) is 11.5 Å². The van der Waals surface area contributed by atoms with Gasteiger partial charge < -0.3 is 19.7 Å². The van der Waals surface area contributed by atoms with E-state index in [1.165, 1.54) is 12.8 Å². The van der Waals surface area contributed by atoms with Gasteiger partial charge in [0.25, 0.3) is 0 Å². The van der Waals surface area contributed by atoms with E-state index in [-0.39, 0.29) is 11.8 Å². The fourth-order valence-electron chi connectivity index (χ4n) is 3.82. The fraction of sp³-hybridized carbons (Fsp3) is 0.385. The maximum atomic E-state index is 13.5. The molecule has 0 amide bonds. The predicted molar refractivity (Wildman–Crippen MR) is 132 cm³/mol. The van der Waals surface area contributed by atoms with Crippen LogP contribution in [-0.2, 0) is 0 Å². The lowest BCUT2D eigenvalue weighted by molar-refractivity contribution is 0.102. The van der Waals surface area contributed by atoms with Gasteiger partial charge in [-0.15, -0.1) is 0 Å². The third kappa shape index (κ3) is 5.30. The molecule has 1 unspecified atom stereocenters. The number of nitrogens with zero attached hydrogens (tertiary/aromatic N) is 1. The van der Waals surface area contributed by atoms with Crippen LogP contribution in [0.4, 0.5) is 0 Å². The minimum Gasteiger partial charge on any atom is -0.493 e. The van der Waals surface area contributed by atoms with Crippen molar-refractivity contribution in [2.24, 2.45) is 0 Å². The van der Waals surface area contributed by atoms with Crippen LogP contribution in [0.25, 0.3) is 0 Å². The van der Waals surface area contributed by atoms with E-state index >= 15 is 0 Å². The van der Waals surface area contributed by atoms with E-state index < -0.39 is 0 Å². The minimum atomic E-state index is -0.376. The number of ether oxygens (including phenoxy) is 2. The van der Waals surface area contributed by atoms with Gasteiger partial charge in [0.2, 0.25) is 0 Å². The molecule has 32 heavy (non-hydrogen) atoms. The fourth-order valence-corrected chi connectivity index (χ4v) is 4.07. The van der Waals surface area contributed by atoms with Crippen LogP contribution in [-0.4, -0.2) is 36.6 Å². The maximum Gasteiger partial charge on any atom is 0.193 e. The molecule has 1 N–H and O–H groups in total. The molecule has 2 aromatic carbocycles. The molecule has 1 atom stereocenters. The van der Waals surface area contributed by atoms with Crippen molar-refractivity contribution in [3.05, 3.63) is 70.9 Å². The molecule has 1 aliphatic rings. The van der Waals surface area contributed by atoms with Gasteiger partial charge in [0.05, 0.1) is 19.8 Å². The molecule has 0 aliphatic carbocycles. The molecule has 0 fully saturated rings. The summed E-state index contributed by atoms with van der Waals surface area (Å²) < 4.78 is 11.6. The van der Waals surface area contributed by atoms with Crippen molar-refractivity contribution in [3.63, 3.8) is 0 Å². The number of nitrogens with one attached hydrogen (secondary N) is 1. The Morgan fingerprint density at radius 2 is 1.84 bits per heavy atom. The summed E-state index contributed by atoms with van der Waals surface area (Å²) in [7, 11) is 3.50. The molecular formula is C26H32N2O3S. The van der Waals surface area contributed by atoms with Crippen LogP contribution in [0.1, 0.15) is 61.5 Å². The molecule has 0 saturated carbocycles. The molecule has 3 rings (SSSR count). The van der Waals surface area contributed by atoms with Gasteiger partial charge >= 0.3 is 0 Å². The quantitative estimate of drug-likeness (QED) is 0.285. The number of carbonyl (C=O) groups is 1. The number of hydrogen-bond donors (Lipinski definition) is 1. The third-order valence-electron chi connectivity index (χ3n) is 5.81. The van der Waals surface area contributed by atoms with Gasteiger partial charge in [-0.25, -0.2) is 0 Å². The van der Waals surface area contributed by atoms with Gasteiger partial charge in [0.1, 0.15) is 0 Å². The number of ketones is 1. The maximum absolute atomic E-state index is 13.5. The summed E-state index contributed by atoms with van der Waals surface area (Å²) in [6, 6.07) is 14.8. The predicted octanol–water partition coefficient (Wildman–Crippen LogP) is 5.67. The van der Waals surface area contributed by atoms with E-state index in [9.17, 15) is 4.79 Å². The molecule has 0 radical (unpaired) electrons. The molecule has 0 aromatic heterocycles. The van der Waals surface area contributed by atoms with Gasteiger partial charge in [0, 0.05) is 23.9 Å². The number of benzene rings is 2. The van der Waals surface area contributed by atoms with Gasteiger partial charge in [-0.2, -0.15) is 0 Å². The summed E-state index contributed by atoms with van der Waals surface area (Å²) in [5, 5.41) is 3.91. The van der Waals surface area contributed by atoms with Crippen LogP contribution >= 0.6 is 12.2 Å². The van der Waals surface area contributed by atoms with Crippen LogP contribution in [0, 0.1) is 0 Å². The number of Topliss-reactive ketones (excluding diaryl/α,β-unsaturated/α-hetero) is 1. The highest BCUT2D eigenvalue weighted by molar-refractivity contribution is 7.80. The highest BCUT2D eigenvalue weighted by Gasteiger charge is 2.33. The van der Waals surface area contributed by atoms with E-state index in [0.717, 1.165) is 24.1 Å². The van der Waals surface area contributed by atoms with Crippen LogP contribution in [0.15, 0.2) is 59.8 Å². The smallest absolute Gasteiger partial charge is 0.193 e. The Morgan fingerprint density at radius 1 is 1.09 bits per heavy atom. The van der Waals surface area contributed by atoms with Gasteiger partial charge in [-0.05, 0) is 43.3 Å². The number of allylic oxidation sites excluding steroid dienone is 1. The van der Waals surface area contributed by atoms with Crippen LogP contribution in [0.5, 0.6) is 11.5 Å². The molecule has 2 aromatic rings. The number of hydrogen-bond acceptors (Lipinski definition) is 4. The summed E-state index contributed by atoms with van der Waals surface area (Å²) >= 11 is 5.53. The highest BCUT2D eigenvalue weighted by Crippen LogP contribution is 2.36. The van der Waals surface area contributed by atoms with Crippen LogP contribution in [0.2, 0.25) is 0 Å². The number of rotatable bonds is 10. The first-order valence-electron chi connectivity index (χ1n) is 11.1. The third-order valence-corrected chi connectivity index (χ3v) is 6.20. The Balaban J connectivity index is 1.91. The molecule has 5 nitrogen and oxygen atoms in total. The monoisotopic (exact) mass is 452 g/mol. The summed E-state index contributed by atoms with van der Waals surface area (Å²) in [5.41, 5.74) is 3.05. The molecule has 1 aliphatic heterocycles. The second-order valence-corrected chi connectivity index (χ2v) is 8.34. The first kappa shape index (κ1) is 23.8. The molecule has 0 spiro atoms. The Hall–Kier alpha value is -2.86. The van der Waals surface area contributed by atoms with E-state index in [4.69, 9.17) is 21.7 Å². The SMILES string of the molecule is CCCCCCOc1ccc(C2NC(=S)N(C)C(C)=C2C(=O)c2ccccc2)cc1OC. The molecule has 0 bridgehead atoms. The van der Waals surface area contributed by atoms with E-state index in [0.29, 0.717) is 34.4 Å². The first-order chi connectivity index (χ1) is 15.5. The Labute approximate surface area is 196 Å². The number of unbranched alkanes of at least 4 members (excludes halogenated alkanes) is 3. The second-order valence-electron chi connectivity index (χ2n) is 7.96. The van der Waals surface area contributed by atoms with Crippen molar-refractivity contribution < 1.29 is 14.3 Å². The molecular weight excluding hydrogens is 420 g/mol. The van der Waals surface area contributed by atoms with E-state index in [2.05, 4.69) is 12.2 Å². The Bertz CT molecular complexity index is 988. The standard InChI is InChI=1S/C26H32N2O3S/c1-5-6-7-11-16-31-21-15-14-20(17-22(21)30-4)24-23(18(2)28(3)26(32)27-24)25(29)19-12-9-8-10-13-19/h8-10,12-15,17,24H,5-7,11,16H2,1-4H3,(H,27,32). The minimum absolute atomic E-state index is 0.0230. The van der Waals surface area contributed by atoms with Gasteiger partial charge in [-0.3, -0.25) is 4.79 Å². The zero-order valence-electron chi connectivity index (χ0n) is 19.3. The van der Waals surface area contributed by atoms with Crippen LogP contribution in [0.3, 0.4) is 0 Å². The second kappa shape index (κ2) is 11.1. The zero-order valence-corrected chi connectivity index (χ0v) is 20.1. The number of methoxy groups -OCH3 is 1. The number of carbonyl (C=O) groups excluding carboxylic acids is 1. The van der Waals surface area contributed by atoms with E-state index in [1.807, 2.05) is 67.4 Å². The summed E-state index contributed by atoms with van der Waals surface area (Å²) in [6.07, 6.45) is 4.58. The van der Waals surface area contributed by atoms with E-state index in [1.54, 1.807) is 7.11 Å². The molecule has 170 valence electrons. The lowest BCUT2D eigenvalue weighted by Gasteiger charge is -2.36. The normalized spacial score (nSPS) is 16.1. The van der Waals surface area contributed by atoms with Crippen molar-refractivity contribution >= 4 is 23.1 Å². The Morgan fingerprint density at radius 3 is 2.53 bits per heavy atom. The van der Waals surface area contributed by atoms with Gasteiger partial charge in [0.15, 0.2) is 22.4 Å². The average Bonchev–Trinajstić information content (AvgIpc) is 2.82. The summed E-state index contributed by atoms with van der Waals surface area (Å²) in [4.78, 5) is 15.3. The van der Waals surface area contributed by atoms with Crippen LogP contribution < -0.4 is 14.8 Å². The van der Waals surface area contributed by atoms with Crippen molar-refractivity contribution in [1.29, 1.82) is 0 Å². The topological polar surface area (TPSA) is 50.8 Å². The van der Waals surface area contributed by atoms with Crippen molar-refractivity contribution in [1.82, 2.24) is 10.2 Å². The lowest BCUT2D eigenvalue weighted by atomic mass is 9.89.